The van der Waals surface area contributed by atoms with Crippen LogP contribution in [-0.4, -0.2) is 56.6 Å². The van der Waals surface area contributed by atoms with Gasteiger partial charge in [-0.15, -0.1) is 0 Å². The maximum atomic E-state index is 12.4. The molecule has 9 nitrogen and oxygen atoms in total. The number of amides is 1. The Morgan fingerprint density at radius 1 is 1.25 bits per heavy atom. The Bertz CT molecular complexity index is 1300. The average Bonchev–Trinajstić information content (AvgIpc) is 3.41. The van der Waals surface area contributed by atoms with Crippen molar-refractivity contribution in [2.45, 2.75) is 31.6 Å². The van der Waals surface area contributed by atoms with E-state index in [9.17, 15) is 4.79 Å². The average molecular weight is 434 g/mol. The van der Waals surface area contributed by atoms with E-state index in [1.54, 1.807) is 12.0 Å². The number of aromatic nitrogens is 5. The molecule has 3 N–H and O–H groups in total. The quantitative estimate of drug-likeness (QED) is 0.511. The lowest BCUT2D eigenvalue weighted by molar-refractivity contribution is -0.134. The SMILES string of the molecule is COc1cccc2cc(-c3nc(C4CCC(C(=O)N(C)C)CC4)n4ncnc(N)c34)[nH]c12. The maximum Gasteiger partial charge on any atom is 0.225 e. The third-order valence-electron chi connectivity index (χ3n) is 6.46. The minimum atomic E-state index is 0.0767. The monoisotopic (exact) mass is 433 g/mol. The Kier molecular flexibility index (Phi) is 4.96. The zero-order chi connectivity index (χ0) is 22.4. The molecule has 0 radical (unpaired) electrons. The standard InChI is InChI=1S/C23H27N7O2/c1-29(2)23(31)14-9-7-13(8-10-14)22-28-19(20-21(24)25-12-26-30(20)22)16-11-15-5-4-6-17(32-3)18(15)27-16/h4-6,11-14,27H,7-10H2,1-3H3,(H2,24,25,26). The number of imidazole rings is 1. The highest BCUT2D eigenvalue weighted by Gasteiger charge is 2.31. The number of H-pyrrole nitrogens is 1. The van der Waals surface area contributed by atoms with Gasteiger partial charge in [0.25, 0.3) is 0 Å². The molecule has 1 saturated carbocycles. The number of hydrogen-bond donors (Lipinski definition) is 2. The number of carbonyl (C=O) groups excluding carboxylic acids is 1. The lowest BCUT2D eigenvalue weighted by Gasteiger charge is -2.28. The summed E-state index contributed by atoms with van der Waals surface area (Å²) in [4.78, 5) is 26.7. The van der Waals surface area contributed by atoms with Crippen molar-refractivity contribution in [1.29, 1.82) is 0 Å². The van der Waals surface area contributed by atoms with Gasteiger partial charge in [0, 0.05) is 31.3 Å². The molecule has 0 aliphatic heterocycles. The van der Waals surface area contributed by atoms with Crippen molar-refractivity contribution < 1.29 is 9.53 Å². The van der Waals surface area contributed by atoms with Crippen LogP contribution in [0.25, 0.3) is 27.8 Å². The molecule has 0 atom stereocenters. The third kappa shape index (κ3) is 3.24. The predicted octanol–water partition coefficient (Wildman–Crippen LogP) is 3.23. The van der Waals surface area contributed by atoms with E-state index in [2.05, 4.69) is 15.1 Å². The van der Waals surface area contributed by atoms with Crippen molar-refractivity contribution in [3.8, 4) is 17.1 Å². The van der Waals surface area contributed by atoms with Gasteiger partial charge in [-0.25, -0.2) is 14.5 Å². The van der Waals surface area contributed by atoms with Crippen molar-refractivity contribution >= 4 is 28.1 Å². The molecule has 3 heterocycles. The topological polar surface area (TPSA) is 114 Å². The minimum absolute atomic E-state index is 0.0767. The van der Waals surface area contributed by atoms with Crippen LogP contribution in [0, 0.1) is 5.92 Å². The summed E-state index contributed by atoms with van der Waals surface area (Å²) in [6.07, 6.45) is 4.92. The molecule has 1 fully saturated rings. The van der Waals surface area contributed by atoms with Gasteiger partial charge >= 0.3 is 0 Å². The highest BCUT2D eigenvalue weighted by molar-refractivity contribution is 5.93. The highest BCUT2D eigenvalue weighted by atomic mass is 16.5. The lowest BCUT2D eigenvalue weighted by atomic mass is 9.81. The second kappa shape index (κ2) is 7.81. The van der Waals surface area contributed by atoms with Gasteiger partial charge in [-0.05, 0) is 37.8 Å². The number of rotatable bonds is 4. The van der Waals surface area contributed by atoms with Gasteiger partial charge in [0.05, 0.1) is 18.3 Å². The van der Waals surface area contributed by atoms with Gasteiger partial charge in [0.15, 0.2) is 5.82 Å². The van der Waals surface area contributed by atoms with Crippen molar-refractivity contribution in [1.82, 2.24) is 29.5 Å². The Balaban J connectivity index is 1.56. The summed E-state index contributed by atoms with van der Waals surface area (Å²) in [5, 5.41) is 5.51. The molecule has 0 saturated heterocycles. The number of ether oxygens (including phenoxy) is 1. The van der Waals surface area contributed by atoms with Gasteiger partial charge in [0.2, 0.25) is 5.91 Å². The van der Waals surface area contributed by atoms with Crippen LogP contribution in [-0.2, 0) is 4.79 Å². The first-order valence-corrected chi connectivity index (χ1v) is 10.8. The summed E-state index contributed by atoms with van der Waals surface area (Å²) < 4.78 is 7.32. The van der Waals surface area contributed by atoms with E-state index in [4.69, 9.17) is 15.5 Å². The van der Waals surface area contributed by atoms with E-state index >= 15 is 0 Å². The summed E-state index contributed by atoms with van der Waals surface area (Å²) in [5.41, 5.74) is 9.45. The second-order valence-electron chi connectivity index (χ2n) is 8.61. The van der Waals surface area contributed by atoms with Crippen molar-refractivity contribution in [3.63, 3.8) is 0 Å². The molecule has 1 aromatic carbocycles. The Hall–Kier alpha value is -3.62. The van der Waals surface area contributed by atoms with E-state index in [1.165, 1.54) is 6.33 Å². The predicted molar refractivity (Wildman–Crippen MR) is 122 cm³/mol. The zero-order valence-electron chi connectivity index (χ0n) is 18.5. The van der Waals surface area contributed by atoms with E-state index < -0.39 is 0 Å². The summed E-state index contributed by atoms with van der Waals surface area (Å²) in [7, 11) is 5.29. The molecule has 32 heavy (non-hydrogen) atoms. The second-order valence-corrected chi connectivity index (χ2v) is 8.61. The molecule has 1 aliphatic carbocycles. The molecule has 3 aromatic heterocycles. The zero-order valence-corrected chi connectivity index (χ0v) is 18.5. The van der Waals surface area contributed by atoms with Gasteiger partial charge in [-0.1, -0.05) is 12.1 Å². The Morgan fingerprint density at radius 3 is 2.75 bits per heavy atom. The van der Waals surface area contributed by atoms with E-state index in [0.29, 0.717) is 11.3 Å². The van der Waals surface area contributed by atoms with E-state index in [-0.39, 0.29) is 17.7 Å². The van der Waals surface area contributed by atoms with Crippen LogP contribution < -0.4 is 10.5 Å². The number of nitrogens with two attached hydrogens (primary N) is 1. The largest absolute Gasteiger partial charge is 0.495 e. The van der Waals surface area contributed by atoms with Gasteiger partial charge < -0.3 is 20.4 Å². The summed E-state index contributed by atoms with van der Waals surface area (Å²) in [6, 6.07) is 7.95. The first-order chi connectivity index (χ1) is 15.5. The summed E-state index contributed by atoms with van der Waals surface area (Å²) in [6.45, 7) is 0. The van der Waals surface area contributed by atoms with Crippen LogP contribution in [0.2, 0.25) is 0 Å². The number of carbonyl (C=O) groups is 1. The van der Waals surface area contributed by atoms with Crippen molar-refractivity contribution in [3.05, 3.63) is 36.4 Å². The fourth-order valence-corrected chi connectivity index (χ4v) is 4.82. The number of nitrogens with one attached hydrogen (secondary N) is 1. The van der Waals surface area contributed by atoms with Crippen LogP contribution in [0.4, 0.5) is 5.82 Å². The molecule has 0 unspecified atom stereocenters. The molecule has 0 spiro atoms. The molecule has 9 heteroatoms. The molecule has 5 rings (SSSR count). The molecule has 4 aromatic rings. The van der Waals surface area contributed by atoms with Crippen LogP contribution in [0.3, 0.4) is 0 Å². The fraction of sp³-hybridized carbons (Fsp3) is 0.391. The molecule has 1 aliphatic rings. The number of nitrogens with zero attached hydrogens (tertiary/aromatic N) is 5. The van der Waals surface area contributed by atoms with E-state index in [1.807, 2.05) is 42.9 Å². The summed E-state index contributed by atoms with van der Waals surface area (Å²) in [5.74, 6) is 2.51. The number of fused-ring (bicyclic) bond motifs is 2. The molecule has 166 valence electrons. The normalized spacial score (nSPS) is 18.8. The van der Waals surface area contributed by atoms with Crippen molar-refractivity contribution in [2.75, 3.05) is 26.9 Å². The van der Waals surface area contributed by atoms with Crippen LogP contribution in [0.15, 0.2) is 30.6 Å². The first kappa shape index (κ1) is 20.3. The molecule has 0 bridgehead atoms. The van der Waals surface area contributed by atoms with Gasteiger partial charge in [-0.2, -0.15) is 5.10 Å². The van der Waals surface area contributed by atoms with Crippen LogP contribution in [0.5, 0.6) is 5.75 Å². The van der Waals surface area contributed by atoms with E-state index in [0.717, 1.165) is 59.5 Å². The molecular formula is C23H27N7O2. The number of hydrogen-bond acceptors (Lipinski definition) is 6. The van der Waals surface area contributed by atoms with Crippen LogP contribution in [0.1, 0.15) is 37.4 Å². The lowest BCUT2D eigenvalue weighted by Crippen LogP contribution is -2.32. The highest BCUT2D eigenvalue weighted by Crippen LogP contribution is 2.39. The van der Waals surface area contributed by atoms with Gasteiger partial charge in [0.1, 0.15) is 29.1 Å². The first-order valence-electron chi connectivity index (χ1n) is 10.8. The smallest absolute Gasteiger partial charge is 0.225 e. The number of methoxy groups -OCH3 is 1. The number of nitrogen functional groups attached to an aromatic ring is 1. The number of benzene rings is 1. The minimum Gasteiger partial charge on any atom is -0.495 e. The Labute approximate surface area is 185 Å². The molecule has 1 amide bonds. The summed E-state index contributed by atoms with van der Waals surface area (Å²) >= 11 is 0. The number of para-hydroxylation sites is 1. The molecular weight excluding hydrogens is 406 g/mol. The fourth-order valence-electron chi connectivity index (χ4n) is 4.82. The third-order valence-corrected chi connectivity index (χ3v) is 6.46. The Morgan fingerprint density at radius 2 is 2.03 bits per heavy atom. The van der Waals surface area contributed by atoms with Crippen molar-refractivity contribution in [2.24, 2.45) is 5.92 Å². The maximum absolute atomic E-state index is 12.4. The number of anilines is 1. The number of aromatic amines is 1. The van der Waals surface area contributed by atoms with Crippen LogP contribution >= 0.6 is 0 Å². The van der Waals surface area contributed by atoms with Gasteiger partial charge in [-0.3, -0.25) is 4.79 Å².